The van der Waals surface area contributed by atoms with Gasteiger partial charge in [-0.05, 0) is 58.3 Å². The SMILES string of the molecule is c1ccc2c(-c3ccc4ccc(-c5ccc6ccc(-c7ccc(-c8ccc9ccc%10cccnc%10c9n8)cc7)nc6c5)cc4n3)cccc2c1. The first-order valence-corrected chi connectivity index (χ1v) is 16.8. The van der Waals surface area contributed by atoms with Crippen LogP contribution in [0.1, 0.15) is 0 Å². The molecule has 4 nitrogen and oxygen atoms in total. The van der Waals surface area contributed by atoms with Gasteiger partial charge in [0.1, 0.15) is 0 Å². The van der Waals surface area contributed by atoms with E-state index in [2.05, 4.69) is 163 Å². The van der Waals surface area contributed by atoms with E-state index >= 15 is 0 Å². The van der Waals surface area contributed by atoms with Gasteiger partial charge in [0.15, 0.2) is 0 Å². The molecule has 0 saturated carbocycles. The van der Waals surface area contributed by atoms with Crippen molar-refractivity contribution in [3.05, 3.63) is 170 Å². The minimum Gasteiger partial charge on any atom is -0.254 e. The summed E-state index contributed by atoms with van der Waals surface area (Å²) in [5.74, 6) is 0. The third-order valence-corrected chi connectivity index (χ3v) is 9.69. The number of aromatic nitrogens is 4. The molecule has 0 radical (unpaired) electrons. The first kappa shape index (κ1) is 28.3. The quantitative estimate of drug-likeness (QED) is 0.180. The molecule has 0 aliphatic heterocycles. The lowest BCUT2D eigenvalue weighted by molar-refractivity contribution is 1.36. The van der Waals surface area contributed by atoms with E-state index in [0.29, 0.717) is 0 Å². The number of pyridine rings is 4. The highest BCUT2D eigenvalue weighted by Crippen LogP contribution is 2.33. The van der Waals surface area contributed by atoms with Gasteiger partial charge in [-0.25, -0.2) is 15.0 Å². The normalized spacial score (nSPS) is 11.6. The summed E-state index contributed by atoms with van der Waals surface area (Å²) in [5.41, 5.74) is 12.1. The van der Waals surface area contributed by atoms with Crippen LogP contribution in [0, 0.1) is 0 Å². The molecule has 50 heavy (non-hydrogen) atoms. The molecule has 10 aromatic rings. The average molecular weight is 637 g/mol. The Balaban J connectivity index is 0.976. The molecular formula is C46H28N4. The van der Waals surface area contributed by atoms with Gasteiger partial charge >= 0.3 is 0 Å². The van der Waals surface area contributed by atoms with E-state index in [4.69, 9.17) is 15.0 Å². The highest BCUT2D eigenvalue weighted by Gasteiger charge is 2.10. The van der Waals surface area contributed by atoms with Crippen molar-refractivity contribution in [1.82, 2.24) is 19.9 Å². The summed E-state index contributed by atoms with van der Waals surface area (Å²) in [6.45, 7) is 0. The van der Waals surface area contributed by atoms with Crippen LogP contribution >= 0.6 is 0 Å². The number of hydrogen-bond donors (Lipinski definition) is 0. The van der Waals surface area contributed by atoms with Crippen molar-refractivity contribution in [1.29, 1.82) is 0 Å². The molecule has 4 aromatic heterocycles. The highest BCUT2D eigenvalue weighted by atomic mass is 14.8. The van der Waals surface area contributed by atoms with E-state index in [9.17, 15) is 0 Å². The molecule has 4 heteroatoms. The van der Waals surface area contributed by atoms with Gasteiger partial charge in [-0.2, -0.15) is 0 Å². The van der Waals surface area contributed by atoms with Crippen LogP contribution in [0.3, 0.4) is 0 Å². The van der Waals surface area contributed by atoms with Crippen LogP contribution in [0.15, 0.2) is 170 Å². The van der Waals surface area contributed by atoms with Gasteiger partial charge in [0.2, 0.25) is 0 Å². The van der Waals surface area contributed by atoms with Crippen molar-refractivity contribution >= 4 is 54.4 Å². The number of benzene rings is 6. The Morgan fingerprint density at radius 2 is 0.840 bits per heavy atom. The molecule has 0 saturated heterocycles. The molecule has 0 unspecified atom stereocenters. The molecule has 6 aromatic carbocycles. The fourth-order valence-electron chi connectivity index (χ4n) is 7.05. The van der Waals surface area contributed by atoms with E-state index in [1.807, 2.05) is 12.3 Å². The van der Waals surface area contributed by atoms with Gasteiger partial charge in [-0.3, -0.25) is 4.98 Å². The van der Waals surface area contributed by atoms with Crippen molar-refractivity contribution in [3.8, 4) is 44.9 Å². The maximum atomic E-state index is 5.13. The largest absolute Gasteiger partial charge is 0.254 e. The molecule has 0 atom stereocenters. The lowest BCUT2D eigenvalue weighted by Gasteiger charge is -2.10. The van der Waals surface area contributed by atoms with Crippen LogP contribution in [0.2, 0.25) is 0 Å². The minimum atomic E-state index is 0.920. The van der Waals surface area contributed by atoms with Crippen LogP contribution < -0.4 is 0 Å². The molecule has 10 rings (SSSR count). The molecule has 0 aliphatic rings. The summed E-state index contributed by atoms with van der Waals surface area (Å²) < 4.78 is 0. The van der Waals surface area contributed by atoms with Crippen LogP contribution in [-0.2, 0) is 0 Å². The molecule has 0 amide bonds. The fraction of sp³-hybridized carbons (Fsp3) is 0. The maximum absolute atomic E-state index is 5.13. The standard InChI is InChI=1S/C46H28N4/c1-2-8-38-29(5-1)6-3-9-39(38)42-25-21-33-15-19-37(28-44(33)49-42)36-18-14-32-20-23-40(48-43(32)27-36)30-10-12-31(13-11-30)41-24-22-35-17-16-34-7-4-26-47-45(34)46(35)50-41/h1-28H. The van der Waals surface area contributed by atoms with Crippen molar-refractivity contribution in [2.24, 2.45) is 0 Å². The van der Waals surface area contributed by atoms with E-state index in [1.54, 1.807) is 0 Å². The molecule has 0 aliphatic carbocycles. The number of rotatable bonds is 4. The Bertz CT molecular complexity index is 2920. The summed E-state index contributed by atoms with van der Waals surface area (Å²) in [5, 5.41) is 6.82. The summed E-state index contributed by atoms with van der Waals surface area (Å²) in [6.07, 6.45) is 1.83. The molecule has 0 bridgehead atoms. The topological polar surface area (TPSA) is 51.6 Å². The molecule has 0 spiro atoms. The Morgan fingerprint density at radius 1 is 0.320 bits per heavy atom. The minimum absolute atomic E-state index is 0.920. The first-order valence-electron chi connectivity index (χ1n) is 16.8. The van der Waals surface area contributed by atoms with E-state index in [0.717, 1.165) is 88.5 Å². The predicted molar refractivity (Wildman–Crippen MR) is 207 cm³/mol. The van der Waals surface area contributed by atoms with Gasteiger partial charge in [0, 0.05) is 44.4 Å². The maximum Gasteiger partial charge on any atom is 0.0972 e. The second kappa shape index (κ2) is 11.4. The van der Waals surface area contributed by atoms with Gasteiger partial charge in [0.05, 0.1) is 39.1 Å². The van der Waals surface area contributed by atoms with Crippen LogP contribution in [-0.4, -0.2) is 19.9 Å². The van der Waals surface area contributed by atoms with Gasteiger partial charge in [0.25, 0.3) is 0 Å². The summed E-state index contributed by atoms with van der Waals surface area (Å²) in [4.78, 5) is 19.9. The first-order chi connectivity index (χ1) is 24.7. The summed E-state index contributed by atoms with van der Waals surface area (Å²) >= 11 is 0. The van der Waals surface area contributed by atoms with Crippen molar-refractivity contribution < 1.29 is 0 Å². The molecule has 0 fully saturated rings. The third kappa shape index (κ3) is 4.85. The van der Waals surface area contributed by atoms with E-state index in [1.165, 1.54) is 10.8 Å². The Kier molecular flexibility index (Phi) is 6.46. The van der Waals surface area contributed by atoms with Crippen molar-refractivity contribution in [3.63, 3.8) is 0 Å². The smallest absolute Gasteiger partial charge is 0.0972 e. The lowest BCUT2D eigenvalue weighted by Crippen LogP contribution is -1.90. The van der Waals surface area contributed by atoms with Crippen LogP contribution in [0.25, 0.3) is 99.3 Å². The second-order valence-electron chi connectivity index (χ2n) is 12.7. The van der Waals surface area contributed by atoms with E-state index in [-0.39, 0.29) is 0 Å². The second-order valence-corrected chi connectivity index (χ2v) is 12.7. The van der Waals surface area contributed by atoms with Crippen LogP contribution in [0.5, 0.6) is 0 Å². The molecular weight excluding hydrogens is 609 g/mol. The van der Waals surface area contributed by atoms with Crippen molar-refractivity contribution in [2.75, 3.05) is 0 Å². The Morgan fingerprint density at radius 3 is 1.58 bits per heavy atom. The highest BCUT2D eigenvalue weighted by molar-refractivity contribution is 6.03. The number of nitrogens with zero attached hydrogens (tertiary/aromatic N) is 4. The number of fused-ring (bicyclic) bond motifs is 6. The molecule has 4 heterocycles. The zero-order valence-corrected chi connectivity index (χ0v) is 27.0. The summed E-state index contributed by atoms with van der Waals surface area (Å²) in [6, 6.07) is 57.4. The molecule has 0 N–H and O–H groups in total. The van der Waals surface area contributed by atoms with Gasteiger partial charge in [-0.15, -0.1) is 0 Å². The number of hydrogen-bond acceptors (Lipinski definition) is 4. The third-order valence-electron chi connectivity index (χ3n) is 9.69. The van der Waals surface area contributed by atoms with Crippen molar-refractivity contribution in [2.45, 2.75) is 0 Å². The molecule has 232 valence electrons. The lowest BCUT2D eigenvalue weighted by atomic mass is 9.99. The van der Waals surface area contributed by atoms with Gasteiger partial charge in [-0.1, -0.05) is 127 Å². The van der Waals surface area contributed by atoms with E-state index < -0.39 is 0 Å². The van der Waals surface area contributed by atoms with Crippen LogP contribution in [0.4, 0.5) is 0 Å². The summed E-state index contributed by atoms with van der Waals surface area (Å²) in [7, 11) is 0. The Hall–Kier alpha value is -6.78. The average Bonchev–Trinajstić information content (AvgIpc) is 3.19. The predicted octanol–water partition coefficient (Wildman–Crippen LogP) is 11.7. The fourth-order valence-corrected chi connectivity index (χ4v) is 7.05. The van der Waals surface area contributed by atoms with Gasteiger partial charge < -0.3 is 0 Å². The zero-order valence-electron chi connectivity index (χ0n) is 27.0. The zero-order chi connectivity index (χ0) is 33.0. The monoisotopic (exact) mass is 636 g/mol. The Labute approximate surface area is 288 Å².